The zero-order chi connectivity index (χ0) is 18.4. The summed E-state index contributed by atoms with van der Waals surface area (Å²) in [7, 11) is 1.38. The minimum Gasteiger partial charge on any atom is -0.469 e. The number of ether oxygens (including phenoxy) is 1. The van der Waals surface area contributed by atoms with Gasteiger partial charge in [0.25, 0.3) is 0 Å². The maximum absolute atomic E-state index is 11.3. The van der Waals surface area contributed by atoms with Crippen molar-refractivity contribution in [3.8, 4) is 0 Å². The average molecular weight is 369 g/mol. The van der Waals surface area contributed by atoms with Crippen molar-refractivity contribution in [2.75, 3.05) is 7.11 Å². The quantitative estimate of drug-likeness (QED) is 0.443. The Morgan fingerprint density at radius 1 is 1.04 bits per heavy atom. The second-order valence-electron chi connectivity index (χ2n) is 5.59. The van der Waals surface area contributed by atoms with Gasteiger partial charge in [0.05, 0.1) is 29.5 Å². The second-order valence-corrected chi connectivity index (χ2v) is 6.03. The predicted molar refractivity (Wildman–Crippen MR) is 100 cm³/mol. The van der Waals surface area contributed by atoms with Crippen molar-refractivity contribution in [3.05, 3.63) is 59.2 Å². The van der Waals surface area contributed by atoms with Crippen LogP contribution in [0.2, 0.25) is 5.02 Å². The average Bonchev–Trinajstić information content (AvgIpc) is 2.67. The van der Waals surface area contributed by atoms with Crippen LogP contribution in [0.3, 0.4) is 0 Å². The van der Waals surface area contributed by atoms with E-state index >= 15 is 0 Å². The van der Waals surface area contributed by atoms with Crippen LogP contribution in [0.25, 0.3) is 11.0 Å². The Bertz CT molecular complexity index is 942. The maximum Gasteiger partial charge on any atom is 0.305 e. The molecule has 132 valence electrons. The summed E-state index contributed by atoms with van der Waals surface area (Å²) in [4.78, 5) is 20.5. The highest BCUT2D eigenvalue weighted by Crippen LogP contribution is 2.24. The smallest absolute Gasteiger partial charge is 0.305 e. The molecule has 1 aromatic heterocycles. The lowest BCUT2D eigenvalue weighted by Gasteiger charge is -2.06. The molecule has 0 bridgehead atoms. The summed E-state index contributed by atoms with van der Waals surface area (Å²) in [5.74, 6) is 0.201. The summed E-state index contributed by atoms with van der Waals surface area (Å²) >= 11 is 5.88. The van der Waals surface area contributed by atoms with Gasteiger partial charge < -0.3 is 4.74 Å². The van der Waals surface area contributed by atoms with E-state index in [1.807, 2.05) is 24.3 Å². The summed E-state index contributed by atoms with van der Waals surface area (Å²) in [5.41, 5.74) is 2.90. The third-order valence-corrected chi connectivity index (χ3v) is 3.98. The number of azo groups is 1. The number of esters is 1. The van der Waals surface area contributed by atoms with Gasteiger partial charge in [-0.15, -0.1) is 10.2 Å². The van der Waals surface area contributed by atoms with Crippen molar-refractivity contribution in [3.63, 3.8) is 0 Å². The highest BCUT2D eigenvalue weighted by atomic mass is 35.5. The molecule has 0 saturated carbocycles. The topological polar surface area (TPSA) is 76.8 Å². The van der Waals surface area contributed by atoms with E-state index in [1.165, 1.54) is 7.11 Å². The molecular weight excluding hydrogens is 352 g/mol. The van der Waals surface area contributed by atoms with Crippen LogP contribution < -0.4 is 0 Å². The fraction of sp³-hybridized carbons (Fsp3) is 0.211. The number of rotatable bonds is 6. The molecule has 0 spiro atoms. The molecule has 0 N–H and O–H groups in total. The Labute approximate surface area is 155 Å². The third-order valence-electron chi connectivity index (χ3n) is 3.73. The van der Waals surface area contributed by atoms with E-state index in [0.29, 0.717) is 41.5 Å². The summed E-state index contributed by atoms with van der Waals surface area (Å²) in [6.45, 7) is 0. The highest BCUT2D eigenvalue weighted by molar-refractivity contribution is 6.30. The zero-order valence-electron chi connectivity index (χ0n) is 14.2. The molecule has 0 atom stereocenters. The molecule has 1 heterocycles. The minimum absolute atomic E-state index is 0.247. The van der Waals surface area contributed by atoms with Crippen molar-refractivity contribution >= 4 is 40.1 Å². The van der Waals surface area contributed by atoms with E-state index in [-0.39, 0.29) is 5.97 Å². The number of nitrogens with zero attached hydrogens (tertiary/aromatic N) is 4. The van der Waals surface area contributed by atoms with Crippen LogP contribution >= 0.6 is 11.6 Å². The lowest BCUT2D eigenvalue weighted by atomic mass is 10.2. The first-order valence-corrected chi connectivity index (χ1v) is 8.53. The molecule has 0 aliphatic carbocycles. The number of aryl methyl sites for hydroxylation is 1. The number of methoxy groups -OCH3 is 1. The molecule has 0 unspecified atom stereocenters. The summed E-state index contributed by atoms with van der Waals surface area (Å²) in [6, 6.07) is 14.6. The number of halogens is 1. The van der Waals surface area contributed by atoms with Gasteiger partial charge in [0, 0.05) is 11.4 Å². The molecule has 0 fully saturated rings. The summed E-state index contributed by atoms with van der Waals surface area (Å²) in [5, 5.41) is 9.12. The van der Waals surface area contributed by atoms with Crippen LogP contribution in [-0.4, -0.2) is 23.0 Å². The molecule has 2 aromatic carbocycles. The van der Waals surface area contributed by atoms with Gasteiger partial charge in [-0.2, -0.15) is 0 Å². The van der Waals surface area contributed by atoms with E-state index in [0.717, 1.165) is 11.0 Å². The van der Waals surface area contributed by atoms with E-state index in [1.54, 1.807) is 24.3 Å². The third kappa shape index (κ3) is 4.61. The Morgan fingerprint density at radius 2 is 1.73 bits per heavy atom. The van der Waals surface area contributed by atoms with Gasteiger partial charge in [0.1, 0.15) is 0 Å². The molecule has 0 saturated heterocycles. The minimum atomic E-state index is -0.247. The fourth-order valence-electron chi connectivity index (χ4n) is 2.39. The lowest BCUT2D eigenvalue weighted by molar-refractivity contribution is -0.140. The molecular formula is C19H17ClN4O2. The van der Waals surface area contributed by atoms with Gasteiger partial charge in [0.15, 0.2) is 5.82 Å². The molecule has 26 heavy (non-hydrogen) atoms. The second kappa shape index (κ2) is 8.49. The van der Waals surface area contributed by atoms with Gasteiger partial charge in [-0.3, -0.25) is 4.79 Å². The molecule has 7 heteroatoms. The fourth-order valence-corrected chi connectivity index (χ4v) is 2.52. The van der Waals surface area contributed by atoms with Crippen LogP contribution in [-0.2, 0) is 16.0 Å². The van der Waals surface area contributed by atoms with Crippen molar-refractivity contribution in [2.24, 2.45) is 10.2 Å². The van der Waals surface area contributed by atoms with Crippen LogP contribution in [0.5, 0.6) is 0 Å². The maximum atomic E-state index is 11.3. The first-order chi connectivity index (χ1) is 12.7. The number of aromatic nitrogens is 2. The van der Waals surface area contributed by atoms with Gasteiger partial charge in [-0.25, -0.2) is 9.97 Å². The van der Waals surface area contributed by atoms with E-state index in [9.17, 15) is 4.79 Å². The Morgan fingerprint density at radius 3 is 2.42 bits per heavy atom. The van der Waals surface area contributed by atoms with Crippen LogP contribution in [0, 0.1) is 0 Å². The Hall–Kier alpha value is -2.86. The molecule has 6 nitrogen and oxygen atoms in total. The van der Waals surface area contributed by atoms with Gasteiger partial charge >= 0.3 is 5.97 Å². The number of carbonyl (C=O) groups is 1. The number of fused-ring (bicyclic) bond motifs is 1. The van der Waals surface area contributed by atoms with Gasteiger partial charge in [-0.05, 0) is 49.2 Å². The Balaban J connectivity index is 1.88. The number of benzene rings is 2. The summed E-state index contributed by atoms with van der Waals surface area (Å²) < 4.78 is 4.68. The molecule has 0 aliphatic heterocycles. The Kier molecular flexibility index (Phi) is 5.86. The first kappa shape index (κ1) is 17.9. The van der Waals surface area contributed by atoms with E-state index in [2.05, 4.69) is 24.9 Å². The number of hydrogen-bond donors (Lipinski definition) is 0. The molecule has 0 aliphatic rings. The standard InChI is InChI=1S/C19H17ClN4O2/c1-26-18(25)8-4-7-17-19(22-16-6-3-2-5-15(16)21-17)24-23-14-11-9-13(20)10-12-14/h2-3,5-6,9-12H,4,7-8H2,1H3. The molecule has 3 aromatic rings. The van der Waals surface area contributed by atoms with Crippen molar-refractivity contribution in [1.82, 2.24) is 9.97 Å². The molecule has 0 radical (unpaired) electrons. The number of hydrogen-bond acceptors (Lipinski definition) is 6. The van der Waals surface area contributed by atoms with Crippen LogP contribution in [0.15, 0.2) is 58.8 Å². The van der Waals surface area contributed by atoms with Crippen LogP contribution in [0.1, 0.15) is 18.5 Å². The number of para-hydroxylation sites is 2. The SMILES string of the molecule is COC(=O)CCCc1nc2ccccc2nc1N=Nc1ccc(Cl)cc1. The van der Waals surface area contributed by atoms with Crippen molar-refractivity contribution < 1.29 is 9.53 Å². The normalized spacial score (nSPS) is 11.2. The van der Waals surface area contributed by atoms with Crippen LogP contribution in [0.4, 0.5) is 11.5 Å². The number of carbonyl (C=O) groups excluding carboxylic acids is 1. The van der Waals surface area contributed by atoms with Gasteiger partial charge in [0.2, 0.25) is 0 Å². The monoisotopic (exact) mass is 368 g/mol. The molecule has 3 rings (SSSR count). The zero-order valence-corrected chi connectivity index (χ0v) is 15.0. The highest BCUT2D eigenvalue weighted by Gasteiger charge is 2.10. The molecule has 0 amide bonds. The van der Waals surface area contributed by atoms with E-state index in [4.69, 9.17) is 11.6 Å². The van der Waals surface area contributed by atoms with Gasteiger partial charge in [-0.1, -0.05) is 23.7 Å². The largest absolute Gasteiger partial charge is 0.469 e. The first-order valence-electron chi connectivity index (χ1n) is 8.15. The lowest BCUT2D eigenvalue weighted by Crippen LogP contribution is -2.02. The summed E-state index contributed by atoms with van der Waals surface area (Å²) in [6.07, 6.45) is 1.48. The van der Waals surface area contributed by atoms with E-state index < -0.39 is 0 Å². The van der Waals surface area contributed by atoms with Crippen molar-refractivity contribution in [2.45, 2.75) is 19.3 Å². The van der Waals surface area contributed by atoms with Crippen molar-refractivity contribution in [1.29, 1.82) is 0 Å². The predicted octanol–water partition coefficient (Wildman–Crippen LogP) is 5.19.